The van der Waals surface area contributed by atoms with Crippen LogP contribution in [0.25, 0.3) is 0 Å². The molecule has 100 valence electrons. The molecule has 0 amide bonds. The maximum Gasteiger partial charge on any atom is 0.573 e. The van der Waals surface area contributed by atoms with Crippen LogP contribution in [0.1, 0.15) is 24.5 Å². The molecule has 1 aromatic carbocycles. The molecule has 2 atom stereocenters. The Bertz CT molecular complexity index is 403. The highest BCUT2D eigenvalue weighted by Gasteiger charge is 2.31. The predicted molar refractivity (Wildman–Crippen MR) is 63.6 cm³/mol. The van der Waals surface area contributed by atoms with E-state index in [0.29, 0.717) is 5.56 Å². The number of halogens is 3. The lowest BCUT2D eigenvalue weighted by molar-refractivity contribution is -0.274. The molecule has 6 heteroatoms. The van der Waals surface area contributed by atoms with Crippen LogP contribution in [0, 0.1) is 0 Å². The summed E-state index contributed by atoms with van der Waals surface area (Å²) in [5, 5.41) is 10.1. The number of aliphatic hydroxyl groups is 1. The van der Waals surface area contributed by atoms with Gasteiger partial charge in [0.25, 0.3) is 0 Å². The zero-order valence-electron chi connectivity index (χ0n) is 9.48. The number of thioether (sulfide) groups is 1. The Morgan fingerprint density at radius 1 is 1.39 bits per heavy atom. The molecule has 1 aromatic rings. The summed E-state index contributed by atoms with van der Waals surface area (Å²) < 4.78 is 40.1. The quantitative estimate of drug-likeness (QED) is 0.917. The van der Waals surface area contributed by atoms with Gasteiger partial charge in [-0.2, -0.15) is 11.8 Å². The summed E-state index contributed by atoms with van der Waals surface area (Å²) in [5.41, 5.74) is 0.469. The standard InChI is InChI=1S/C12H13F3O2S/c13-12(14,15)17-9-4-1-3-8(7-9)11(16)10-5-2-6-18-10/h1,3-4,7,10-11,16H,2,5-6H2. The third kappa shape index (κ3) is 3.55. The fraction of sp³-hybridized carbons (Fsp3) is 0.500. The van der Waals surface area contributed by atoms with Crippen molar-refractivity contribution in [3.63, 3.8) is 0 Å². The second-order valence-electron chi connectivity index (χ2n) is 4.12. The van der Waals surface area contributed by atoms with Crippen LogP contribution in [0.15, 0.2) is 24.3 Å². The number of benzene rings is 1. The monoisotopic (exact) mass is 278 g/mol. The van der Waals surface area contributed by atoms with Gasteiger partial charge in [0, 0.05) is 5.25 Å². The van der Waals surface area contributed by atoms with Crippen molar-refractivity contribution in [3.05, 3.63) is 29.8 Å². The molecule has 1 saturated heterocycles. The Kier molecular flexibility index (Phi) is 4.07. The van der Waals surface area contributed by atoms with E-state index in [-0.39, 0.29) is 11.0 Å². The molecule has 2 rings (SSSR count). The van der Waals surface area contributed by atoms with Crippen molar-refractivity contribution < 1.29 is 23.0 Å². The van der Waals surface area contributed by atoms with Crippen LogP contribution >= 0.6 is 11.8 Å². The Hall–Kier alpha value is -0.880. The molecule has 0 aromatic heterocycles. The van der Waals surface area contributed by atoms with Crippen LogP contribution < -0.4 is 4.74 Å². The van der Waals surface area contributed by atoms with E-state index in [0.717, 1.165) is 18.6 Å². The van der Waals surface area contributed by atoms with Crippen molar-refractivity contribution in [2.24, 2.45) is 0 Å². The fourth-order valence-electron chi connectivity index (χ4n) is 1.96. The Labute approximate surface area is 107 Å². The third-order valence-electron chi connectivity index (χ3n) is 2.75. The van der Waals surface area contributed by atoms with Crippen LogP contribution in [0.4, 0.5) is 13.2 Å². The molecule has 0 aliphatic carbocycles. The van der Waals surface area contributed by atoms with Gasteiger partial charge in [-0.15, -0.1) is 13.2 Å². The summed E-state index contributed by atoms with van der Waals surface area (Å²) in [6, 6.07) is 5.55. The van der Waals surface area contributed by atoms with E-state index in [4.69, 9.17) is 0 Å². The van der Waals surface area contributed by atoms with E-state index >= 15 is 0 Å². The van der Waals surface area contributed by atoms with Crippen LogP contribution in [0.2, 0.25) is 0 Å². The van der Waals surface area contributed by atoms with Crippen LogP contribution in [-0.2, 0) is 0 Å². The number of hydrogen-bond acceptors (Lipinski definition) is 3. The van der Waals surface area contributed by atoms with E-state index in [1.165, 1.54) is 18.2 Å². The van der Waals surface area contributed by atoms with Gasteiger partial charge in [-0.3, -0.25) is 0 Å². The second kappa shape index (κ2) is 5.40. The minimum Gasteiger partial charge on any atom is -0.406 e. The number of aliphatic hydroxyl groups excluding tert-OH is 1. The molecule has 1 aliphatic rings. The average molecular weight is 278 g/mol. The minimum atomic E-state index is -4.70. The van der Waals surface area contributed by atoms with Crippen molar-refractivity contribution in [1.29, 1.82) is 0 Å². The number of alkyl halides is 3. The second-order valence-corrected chi connectivity index (χ2v) is 5.46. The maximum absolute atomic E-state index is 12.1. The van der Waals surface area contributed by atoms with Crippen molar-refractivity contribution in [2.45, 2.75) is 30.6 Å². The highest BCUT2D eigenvalue weighted by atomic mass is 32.2. The Morgan fingerprint density at radius 2 is 2.17 bits per heavy atom. The lowest BCUT2D eigenvalue weighted by Gasteiger charge is -2.18. The van der Waals surface area contributed by atoms with Gasteiger partial charge in [-0.25, -0.2) is 0 Å². The van der Waals surface area contributed by atoms with Gasteiger partial charge in [0.1, 0.15) is 5.75 Å². The zero-order valence-corrected chi connectivity index (χ0v) is 10.3. The first-order valence-electron chi connectivity index (χ1n) is 5.61. The molecule has 1 fully saturated rings. The first kappa shape index (κ1) is 13.5. The lowest BCUT2D eigenvalue weighted by Crippen LogP contribution is -2.18. The van der Waals surface area contributed by atoms with Crippen molar-refractivity contribution in [1.82, 2.24) is 0 Å². The highest BCUT2D eigenvalue weighted by molar-refractivity contribution is 8.00. The maximum atomic E-state index is 12.1. The number of hydrogen-bond donors (Lipinski definition) is 1. The molecule has 0 radical (unpaired) electrons. The molecule has 2 unspecified atom stereocenters. The van der Waals surface area contributed by atoms with Gasteiger partial charge in [-0.05, 0) is 36.3 Å². The smallest absolute Gasteiger partial charge is 0.406 e. The largest absolute Gasteiger partial charge is 0.573 e. The molecule has 1 aliphatic heterocycles. The summed E-state index contributed by atoms with van der Waals surface area (Å²) in [5.74, 6) is 0.697. The number of ether oxygens (including phenoxy) is 1. The lowest BCUT2D eigenvalue weighted by atomic mass is 10.0. The van der Waals surface area contributed by atoms with Crippen molar-refractivity contribution >= 4 is 11.8 Å². The predicted octanol–water partition coefficient (Wildman–Crippen LogP) is 3.51. The van der Waals surface area contributed by atoms with Gasteiger partial charge in [0.05, 0.1) is 6.10 Å². The molecule has 18 heavy (non-hydrogen) atoms. The first-order valence-corrected chi connectivity index (χ1v) is 6.66. The molecule has 2 nitrogen and oxygen atoms in total. The summed E-state index contributed by atoms with van der Waals surface area (Å²) >= 11 is 1.65. The number of rotatable bonds is 3. The summed E-state index contributed by atoms with van der Waals surface area (Å²) in [6.45, 7) is 0. The molecule has 0 bridgehead atoms. The van der Waals surface area contributed by atoms with E-state index in [2.05, 4.69) is 4.74 Å². The van der Waals surface area contributed by atoms with Gasteiger partial charge < -0.3 is 9.84 Å². The zero-order chi connectivity index (χ0) is 13.2. The van der Waals surface area contributed by atoms with Crippen LogP contribution in [-0.4, -0.2) is 22.5 Å². The van der Waals surface area contributed by atoms with Gasteiger partial charge in [0.2, 0.25) is 0 Å². The SMILES string of the molecule is OC(c1cccc(OC(F)(F)F)c1)C1CCCS1. The van der Waals surface area contributed by atoms with Crippen LogP contribution in [0.5, 0.6) is 5.75 Å². The van der Waals surface area contributed by atoms with Crippen molar-refractivity contribution in [3.8, 4) is 5.75 Å². The first-order chi connectivity index (χ1) is 8.46. The van der Waals surface area contributed by atoms with Gasteiger partial charge in [-0.1, -0.05) is 12.1 Å². The minimum absolute atomic E-state index is 0.0612. The fourth-order valence-corrected chi connectivity index (χ4v) is 3.27. The van der Waals surface area contributed by atoms with E-state index in [9.17, 15) is 18.3 Å². The topological polar surface area (TPSA) is 29.5 Å². The average Bonchev–Trinajstić information content (AvgIpc) is 2.79. The molecular formula is C12H13F3O2S. The summed E-state index contributed by atoms with van der Waals surface area (Å²) in [7, 11) is 0. The molecule has 0 saturated carbocycles. The van der Waals surface area contributed by atoms with E-state index < -0.39 is 12.5 Å². The molecular weight excluding hydrogens is 265 g/mol. The normalized spacial score (nSPS) is 21.9. The third-order valence-corrected chi connectivity index (χ3v) is 4.20. The molecule has 0 spiro atoms. The van der Waals surface area contributed by atoms with Gasteiger partial charge >= 0.3 is 6.36 Å². The van der Waals surface area contributed by atoms with Gasteiger partial charge in [0.15, 0.2) is 0 Å². The Morgan fingerprint density at radius 3 is 2.78 bits per heavy atom. The van der Waals surface area contributed by atoms with E-state index in [1.807, 2.05) is 0 Å². The summed E-state index contributed by atoms with van der Waals surface area (Å²) in [6.07, 6.45) is -3.53. The summed E-state index contributed by atoms with van der Waals surface area (Å²) in [4.78, 5) is 0. The van der Waals surface area contributed by atoms with Crippen LogP contribution in [0.3, 0.4) is 0 Å². The van der Waals surface area contributed by atoms with Crippen molar-refractivity contribution in [2.75, 3.05) is 5.75 Å². The Balaban J connectivity index is 2.11. The van der Waals surface area contributed by atoms with E-state index in [1.54, 1.807) is 17.8 Å². The molecule has 1 N–H and O–H groups in total. The highest BCUT2D eigenvalue weighted by Crippen LogP contribution is 2.37. The molecule has 1 heterocycles.